The van der Waals surface area contributed by atoms with Crippen LogP contribution in [0.5, 0.6) is 0 Å². The van der Waals surface area contributed by atoms with Gasteiger partial charge in [0, 0.05) is 0 Å². The molecule has 1 nitrogen and oxygen atoms in total. The van der Waals surface area contributed by atoms with Crippen LogP contribution in [0.3, 0.4) is 0 Å². The molecule has 1 heterocycles. The summed E-state index contributed by atoms with van der Waals surface area (Å²) in [6.07, 6.45) is -4.35. The monoisotopic (exact) mass is 303 g/mol. The Kier molecular flexibility index (Phi) is 2.77. The second kappa shape index (κ2) is 3.33. The number of hydrogen-bond acceptors (Lipinski definition) is 1. The Hall–Kier alpha value is -0.100. The van der Waals surface area contributed by atoms with E-state index in [1.807, 2.05) is 0 Å². The fourth-order valence-corrected chi connectivity index (χ4v) is 1.72. The molecule has 0 aliphatic heterocycles. The predicted octanol–water partition coefficient (Wildman–Crippen LogP) is 3.63. The largest absolute Gasteiger partial charge is 0.419 e. The lowest BCUT2D eigenvalue weighted by molar-refractivity contribution is -0.138. The summed E-state index contributed by atoms with van der Waals surface area (Å²) in [7, 11) is 0. The summed E-state index contributed by atoms with van der Waals surface area (Å²) in [6.45, 7) is 0. The number of nitrogens with zero attached hydrogens (tertiary/aromatic N) is 1. The predicted molar refractivity (Wildman–Crippen MR) is 44.6 cm³/mol. The summed E-state index contributed by atoms with van der Waals surface area (Å²) in [5.74, 6) is 0. The fraction of sp³-hybridized carbons (Fsp3) is 0.167. The fourth-order valence-electron chi connectivity index (χ4n) is 0.624. The molecule has 66 valence electrons. The average molecular weight is 305 g/mol. The van der Waals surface area contributed by atoms with E-state index in [4.69, 9.17) is 0 Å². The van der Waals surface area contributed by atoms with Crippen LogP contribution in [0, 0.1) is 0 Å². The first-order valence-corrected chi connectivity index (χ1v) is 4.39. The molecule has 0 aliphatic rings. The van der Waals surface area contributed by atoms with E-state index in [2.05, 4.69) is 36.8 Å². The van der Waals surface area contributed by atoms with E-state index >= 15 is 0 Å². The Morgan fingerprint density at radius 1 is 1.17 bits per heavy atom. The van der Waals surface area contributed by atoms with Crippen LogP contribution in [0.2, 0.25) is 0 Å². The van der Waals surface area contributed by atoms with Gasteiger partial charge in [-0.3, -0.25) is 0 Å². The molecule has 1 rings (SSSR count). The number of alkyl halides is 3. The van der Waals surface area contributed by atoms with Crippen molar-refractivity contribution in [2.75, 3.05) is 0 Å². The van der Waals surface area contributed by atoms with Crippen LogP contribution in [-0.4, -0.2) is 4.98 Å². The molecule has 0 spiro atoms. The van der Waals surface area contributed by atoms with Gasteiger partial charge in [-0.05, 0) is 44.0 Å². The van der Waals surface area contributed by atoms with Crippen molar-refractivity contribution < 1.29 is 13.2 Å². The quantitative estimate of drug-likeness (QED) is 0.667. The summed E-state index contributed by atoms with van der Waals surface area (Å²) in [6, 6.07) is 2.20. The van der Waals surface area contributed by atoms with Gasteiger partial charge in [0.05, 0.1) is 5.56 Å². The van der Waals surface area contributed by atoms with Crippen LogP contribution in [0.1, 0.15) is 5.56 Å². The molecule has 1 aromatic heterocycles. The molecule has 0 aromatic carbocycles. The van der Waals surface area contributed by atoms with Gasteiger partial charge in [0.25, 0.3) is 0 Å². The molecule has 0 radical (unpaired) electrons. The van der Waals surface area contributed by atoms with Crippen LogP contribution < -0.4 is 0 Å². The minimum Gasteiger partial charge on any atom is -0.233 e. The Morgan fingerprint density at radius 2 is 1.75 bits per heavy atom. The van der Waals surface area contributed by atoms with Crippen molar-refractivity contribution in [2.45, 2.75) is 6.18 Å². The number of pyridine rings is 1. The van der Waals surface area contributed by atoms with Crippen molar-refractivity contribution in [2.24, 2.45) is 0 Å². The lowest BCUT2D eigenvalue weighted by atomic mass is 10.3. The van der Waals surface area contributed by atoms with E-state index in [-0.39, 0.29) is 4.60 Å². The summed E-state index contributed by atoms with van der Waals surface area (Å²) >= 11 is 5.68. The van der Waals surface area contributed by atoms with Crippen LogP contribution in [0.25, 0.3) is 0 Å². The molecule has 0 amide bonds. The number of hydrogen-bond donors (Lipinski definition) is 0. The average Bonchev–Trinajstić information content (AvgIpc) is 1.83. The second-order valence-electron chi connectivity index (χ2n) is 1.97. The van der Waals surface area contributed by atoms with E-state index in [9.17, 15) is 13.2 Å². The van der Waals surface area contributed by atoms with Crippen molar-refractivity contribution in [3.63, 3.8) is 0 Å². The molecule has 0 atom stereocenters. The van der Waals surface area contributed by atoms with Gasteiger partial charge in [-0.1, -0.05) is 0 Å². The van der Waals surface area contributed by atoms with Gasteiger partial charge in [0.1, 0.15) is 9.21 Å². The van der Waals surface area contributed by atoms with E-state index in [1.165, 1.54) is 6.07 Å². The van der Waals surface area contributed by atoms with Crippen LogP contribution >= 0.6 is 31.9 Å². The highest BCUT2D eigenvalue weighted by molar-refractivity contribution is 9.11. The molecular formula is C6H2Br2F3N. The van der Waals surface area contributed by atoms with Gasteiger partial charge in [0.2, 0.25) is 0 Å². The van der Waals surface area contributed by atoms with E-state index in [0.717, 1.165) is 6.07 Å². The number of aromatic nitrogens is 1. The maximum atomic E-state index is 12.1. The van der Waals surface area contributed by atoms with E-state index < -0.39 is 11.7 Å². The molecule has 0 N–H and O–H groups in total. The second-order valence-corrected chi connectivity index (χ2v) is 3.53. The van der Waals surface area contributed by atoms with Gasteiger partial charge in [-0.2, -0.15) is 13.2 Å². The molecule has 1 aromatic rings. The minimum atomic E-state index is -4.35. The Bertz CT molecular complexity index is 297. The topological polar surface area (TPSA) is 12.9 Å². The third kappa shape index (κ3) is 2.20. The van der Waals surface area contributed by atoms with E-state index in [1.54, 1.807) is 0 Å². The molecule has 6 heteroatoms. The van der Waals surface area contributed by atoms with Crippen LogP contribution in [-0.2, 0) is 6.18 Å². The van der Waals surface area contributed by atoms with Crippen molar-refractivity contribution in [1.82, 2.24) is 4.98 Å². The first kappa shape index (κ1) is 9.98. The summed E-state index contributed by atoms with van der Waals surface area (Å²) in [5.41, 5.74) is -0.773. The smallest absolute Gasteiger partial charge is 0.233 e. The molecule has 0 fully saturated rings. The molecular weight excluding hydrogens is 303 g/mol. The Morgan fingerprint density at radius 3 is 2.17 bits per heavy atom. The minimum absolute atomic E-state index is 0.204. The van der Waals surface area contributed by atoms with E-state index in [0.29, 0.717) is 4.60 Å². The van der Waals surface area contributed by atoms with Crippen LogP contribution in [0.15, 0.2) is 21.3 Å². The third-order valence-corrected chi connectivity index (χ3v) is 2.17. The first-order chi connectivity index (χ1) is 5.41. The maximum Gasteiger partial charge on any atom is 0.419 e. The van der Waals surface area contributed by atoms with Crippen molar-refractivity contribution >= 4 is 31.9 Å². The number of rotatable bonds is 0. The Balaban J connectivity index is 3.19. The summed E-state index contributed by atoms with van der Waals surface area (Å²) in [5, 5.41) is 0. The SMILES string of the molecule is FC(F)(F)c1ccc(Br)nc1Br. The molecule has 0 saturated carbocycles. The maximum absolute atomic E-state index is 12.1. The molecule has 0 bridgehead atoms. The van der Waals surface area contributed by atoms with Crippen molar-refractivity contribution in [3.8, 4) is 0 Å². The highest BCUT2D eigenvalue weighted by Crippen LogP contribution is 2.34. The molecule has 0 aliphatic carbocycles. The molecule has 0 saturated heterocycles. The zero-order chi connectivity index (χ0) is 9.35. The molecule has 12 heavy (non-hydrogen) atoms. The van der Waals surface area contributed by atoms with Gasteiger partial charge >= 0.3 is 6.18 Å². The zero-order valence-electron chi connectivity index (χ0n) is 5.49. The van der Waals surface area contributed by atoms with Crippen molar-refractivity contribution in [1.29, 1.82) is 0 Å². The Labute approximate surface area is 83.2 Å². The van der Waals surface area contributed by atoms with Crippen LogP contribution in [0.4, 0.5) is 13.2 Å². The summed E-state index contributed by atoms with van der Waals surface area (Å²) in [4.78, 5) is 3.55. The highest BCUT2D eigenvalue weighted by Gasteiger charge is 2.33. The van der Waals surface area contributed by atoms with Gasteiger partial charge in [-0.25, -0.2) is 4.98 Å². The van der Waals surface area contributed by atoms with Gasteiger partial charge < -0.3 is 0 Å². The third-order valence-electron chi connectivity index (χ3n) is 1.12. The summed E-state index contributed by atoms with van der Waals surface area (Å²) < 4.78 is 36.4. The van der Waals surface area contributed by atoms with Gasteiger partial charge in [0.15, 0.2) is 0 Å². The highest BCUT2D eigenvalue weighted by atomic mass is 79.9. The number of halogens is 5. The lowest BCUT2D eigenvalue weighted by Crippen LogP contribution is -2.06. The van der Waals surface area contributed by atoms with Crippen molar-refractivity contribution in [3.05, 3.63) is 26.9 Å². The normalized spacial score (nSPS) is 11.8. The lowest BCUT2D eigenvalue weighted by Gasteiger charge is -2.07. The zero-order valence-corrected chi connectivity index (χ0v) is 8.66. The molecule has 0 unspecified atom stereocenters. The first-order valence-electron chi connectivity index (χ1n) is 2.80. The van der Waals surface area contributed by atoms with Gasteiger partial charge in [-0.15, -0.1) is 0 Å². The standard InChI is InChI=1S/C6H2Br2F3N/c7-4-2-1-3(5(8)12-4)6(9,10)11/h1-2H.